The summed E-state index contributed by atoms with van der Waals surface area (Å²) in [6.07, 6.45) is 2.40. The molecular formula is C14H17N3. The molecule has 1 heterocycles. The van der Waals surface area contributed by atoms with Gasteiger partial charge in [0.15, 0.2) is 0 Å². The molecule has 0 saturated carbocycles. The summed E-state index contributed by atoms with van der Waals surface area (Å²) in [5.74, 6) is 0. The second-order valence-electron chi connectivity index (χ2n) is 4.23. The normalized spacial score (nSPS) is 10.5. The first kappa shape index (κ1) is 11.7. The van der Waals surface area contributed by atoms with E-state index in [1.807, 2.05) is 6.07 Å². The first-order valence-corrected chi connectivity index (χ1v) is 5.79. The lowest BCUT2D eigenvalue weighted by atomic mass is 10.0. The van der Waals surface area contributed by atoms with Crippen LogP contribution in [0.3, 0.4) is 0 Å². The van der Waals surface area contributed by atoms with Crippen LogP contribution in [-0.4, -0.2) is 16.5 Å². The minimum Gasteiger partial charge on any atom is -0.330 e. The molecule has 3 heteroatoms. The Labute approximate surface area is 102 Å². The highest BCUT2D eigenvalue weighted by Crippen LogP contribution is 2.20. The summed E-state index contributed by atoms with van der Waals surface area (Å²) >= 11 is 0. The lowest BCUT2D eigenvalue weighted by molar-refractivity contribution is 0.911. The molecule has 0 spiro atoms. The van der Waals surface area contributed by atoms with E-state index in [1.165, 1.54) is 11.1 Å². The van der Waals surface area contributed by atoms with Crippen LogP contribution in [0.5, 0.6) is 0 Å². The Bertz CT molecular complexity index is 521. The van der Waals surface area contributed by atoms with Gasteiger partial charge in [-0.1, -0.05) is 12.1 Å². The summed E-state index contributed by atoms with van der Waals surface area (Å²) in [5, 5.41) is 0. The predicted molar refractivity (Wildman–Crippen MR) is 69.7 cm³/mol. The maximum atomic E-state index is 5.53. The van der Waals surface area contributed by atoms with Crippen molar-refractivity contribution in [3.63, 3.8) is 0 Å². The minimum atomic E-state index is 0.614. The van der Waals surface area contributed by atoms with E-state index >= 15 is 0 Å². The average Bonchev–Trinajstić information content (AvgIpc) is 2.33. The molecule has 0 amide bonds. The van der Waals surface area contributed by atoms with Crippen LogP contribution in [0.25, 0.3) is 11.3 Å². The van der Waals surface area contributed by atoms with Crippen molar-refractivity contribution in [2.75, 3.05) is 6.54 Å². The van der Waals surface area contributed by atoms with Gasteiger partial charge in [0.1, 0.15) is 6.33 Å². The Morgan fingerprint density at radius 2 is 1.88 bits per heavy atom. The Morgan fingerprint density at radius 1 is 1.06 bits per heavy atom. The first-order chi connectivity index (χ1) is 8.20. The second kappa shape index (κ2) is 5.06. The molecule has 0 saturated heterocycles. The van der Waals surface area contributed by atoms with Crippen molar-refractivity contribution in [2.45, 2.75) is 20.3 Å². The van der Waals surface area contributed by atoms with Gasteiger partial charge in [-0.15, -0.1) is 0 Å². The highest BCUT2D eigenvalue weighted by Gasteiger charge is 2.03. The van der Waals surface area contributed by atoms with Crippen molar-refractivity contribution in [2.24, 2.45) is 5.73 Å². The van der Waals surface area contributed by atoms with E-state index in [0.29, 0.717) is 6.54 Å². The summed E-state index contributed by atoms with van der Waals surface area (Å²) in [6.45, 7) is 4.84. The zero-order chi connectivity index (χ0) is 12.3. The zero-order valence-electron chi connectivity index (χ0n) is 10.3. The molecule has 0 atom stereocenters. The quantitative estimate of drug-likeness (QED) is 0.875. The molecule has 2 N–H and O–H groups in total. The Kier molecular flexibility index (Phi) is 3.49. The minimum absolute atomic E-state index is 0.614. The molecule has 2 rings (SSSR count). The molecular weight excluding hydrogens is 210 g/mol. The third kappa shape index (κ3) is 2.68. The van der Waals surface area contributed by atoms with Gasteiger partial charge in [-0.2, -0.15) is 0 Å². The van der Waals surface area contributed by atoms with Crippen molar-refractivity contribution in [1.82, 2.24) is 9.97 Å². The van der Waals surface area contributed by atoms with Crippen molar-refractivity contribution in [1.29, 1.82) is 0 Å². The van der Waals surface area contributed by atoms with Crippen LogP contribution in [0.2, 0.25) is 0 Å². The maximum absolute atomic E-state index is 5.53. The summed E-state index contributed by atoms with van der Waals surface area (Å²) in [4.78, 5) is 8.51. The number of hydrogen-bond donors (Lipinski definition) is 1. The summed E-state index contributed by atoms with van der Waals surface area (Å²) in [5.41, 5.74) is 11.2. The van der Waals surface area contributed by atoms with Crippen LogP contribution in [0, 0.1) is 13.8 Å². The van der Waals surface area contributed by atoms with Crippen LogP contribution in [0.15, 0.2) is 30.6 Å². The van der Waals surface area contributed by atoms with Crippen LogP contribution in [0.1, 0.15) is 16.8 Å². The SMILES string of the molecule is Cc1ccc(-c2cc(CCN)ncn2)cc1C. The summed E-state index contributed by atoms with van der Waals surface area (Å²) in [7, 11) is 0. The van der Waals surface area contributed by atoms with Crippen molar-refractivity contribution >= 4 is 0 Å². The molecule has 17 heavy (non-hydrogen) atoms. The van der Waals surface area contributed by atoms with E-state index in [2.05, 4.69) is 42.0 Å². The maximum Gasteiger partial charge on any atom is 0.116 e. The molecule has 0 unspecified atom stereocenters. The van der Waals surface area contributed by atoms with Gasteiger partial charge in [-0.05, 0) is 43.7 Å². The molecule has 0 aliphatic heterocycles. The average molecular weight is 227 g/mol. The fourth-order valence-electron chi connectivity index (χ4n) is 1.74. The standard InChI is InChI=1S/C14H17N3/c1-10-3-4-12(7-11(10)2)14-8-13(5-6-15)16-9-17-14/h3-4,7-9H,5-6,15H2,1-2H3. The van der Waals surface area contributed by atoms with Gasteiger partial charge in [0.25, 0.3) is 0 Å². The van der Waals surface area contributed by atoms with E-state index in [9.17, 15) is 0 Å². The van der Waals surface area contributed by atoms with E-state index in [0.717, 1.165) is 23.4 Å². The topological polar surface area (TPSA) is 51.8 Å². The number of benzene rings is 1. The lowest BCUT2D eigenvalue weighted by Gasteiger charge is -2.06. The highest BCUT2D eigenvalue weighted by molar-refractivity contribution is 5.60. The fourth-order valence-corrected chi connectivity index (χ4v) is 1.74. The van der Waals surface area contributed by atoms with Gasteiger partial charge in [0.2, 0.25) is 0 Å². The van der Waals surface area contributed by atoms with Crippen LogP contribution >= 0.6 is 0 Å². The Balaban J connectivity index is 2.38. The number of nitrogens with two attached hydrogens (primary N) is 1. The third-order valence-electron chi connectivity index (χ3n) is 2.93. The molecule has 2 aromatic rings. The fraction of sp³-hybridized carbons (Fsp3) is 0.286. The predicted octanol–water partition coefficient (Wildman–Crippen LogP) is 2.26. The van der Waals surface area contributed by atoms with Crippen LogP contribution in [-0.2, 0) is 6.42 Å². The number of hydrogen-bond acceptors (Lipinski definition) is 3. The van der Waals surface area contributed by atoms with Gasteiger partial charge in [0, 0.05) is 17.7 Å². The van der Waals surface area contributed by atoms with Crippen LogP contribution in [0.4, 0.5) is 0 Å². The largest absolute Gasteiger partial charge is 0.330 e. The molecule has 1 aromatic heterocycles. The van der Waals surface area contributed by atoms with E-state index in [4.69, 9.17) is 5.73 Å². The van der Waals surface area contributed by atoms with Crippen molar-refractivity contribution < 1.29 is 0 Å². The van der Waals surface area contributed by atoms with E-state index in [1.54, 1.807) is 6.33 Å². The highest BCUT2D eigenvalue weighted by atomic mass is 14.8. The molecule has 88 valence electrons. The Hall–Kier alpha value is -1.74. The number of aromatic nitrogens is 2. The van der Waals surface area contributed by atoms with Gasteiger partial charge < -0.3 is 5.73 Å². The second-order valence-corrected chi connectivity index (χ2v) is 4.23. The van der Waals surface area contributed by atoms with E-state index in [-0.39, 0.29) is 0 Å². The molecule has 0 bridgehead atoms. The van der Waals surface area contributed by atoms with Gasteiger partial charge in [-0.25, -0.2) is 9.97 Å². The molecule has 0 aliphatic carbocycles. The Morgan fingerprint density at radius 3 is 2.59 bits per heavy atom. The number of aryl methyl sites for hydroxylation is 2. The lowest BCUT2D eigenvalue weighted by Crippen LogP contribution is -2.04. The molecule has 0 fully saturated rings. The smallest absolute Gasteiger partial charge is 0.116 e. The monoisotopic (exact) mass is 227 g/mol. The molecule has 0 aliphatic rings. The van der Waals surface area contributed by atoms with Crippen LogP contribution < -0.4 is 5.73 Å². The zero-order valence-corrected chi connectivity index (χ0v) is 10.3. The molecule has 1 aromatic carbocycles. The van der Waals surface area contributed by atoms with Gasteiger partial charge >= 0.3 is 0 Å². The number of rotatable bonds is 3. The van der Waals surface area contributed by atoms with E-state index < -0.39 is 0 Å². The van der Waals surface area contributed by atoms with Gasteiger partial charge in [-0.3, -0.25) is 0 Å². The van der Waals surface area contributed by atoms with Gasteiger partial charge in [0.05, 0.1) is 5.69 Å². The summed E-state index contributed by atoms with van der Waals surface area (Å²) in [6, 6.07) is 8.38. The summed E-state index contributed by atoms with van der Waals surface area (Å²) < 4.78 is 0. The number of nitrogens with zero attached hydrogens (tertiary/aromatic N) is 2. The van der Waals surface area contributed by atoms with Crippen molar-refractivity contribution in [3.05, 3.63) is 47.4 Å². The first-order valence-electron chi connectivity index (χ1n) is 5.79. The third-order valence-corrected chi connectivity index (χ3v) is 2.93. The molecule has 3 nitrogen and oxygen atoms in total. The molecule has 0 radical (unpaired) electrons. The van der Waals surface area contributed by atoms with Crippen molar-refractivity contribution in [3.8, 4) is 11.3 Å².